The highest BCUT2D eigenvalue weighted by atomic mass is 16.2. The minimum Gasteiger partial charge on any atom is -0.356 e. The molecule has 23 nitrogen and oxygen atoms in total. The maximum atomic E-state index is 12.9. The monoisotopic (exact) mass is 1860 g/mol. The number of ketones is 8. The van der Waals surface area contributed by atoms with Crippen molar-refractivity contribution in [2.45, 2.75) is 415 Å². The molecule has 10 unspecified atom stereocenters. The number of nitrogens with one attached hydrogen (secondary N) is 4. The van der Waals surface area contributed by atoms with Crippen LogP contribution in [-0.2, 0) is 65.6 Å². The maximum absolute atomic E-state index is 12.9. The predicted molar refractivity (Wildman–Crippen MR) is 554 cm³/mol. The Bertz CT molecular complexity index is 3300. The average Bonchev–Trinajstić information content (AvgIpc) is 0.846. The lowest BCUT2D eigenvalue weighted by Gasteiger charge is -2.31. The molecule has 0 aromatic heterocycles. The standard InChI is InChI=1S/C21H40N2O3.C20H39N3O3.2C20H32N2O2.C16H32N2O2.3C4H10/c1-14(2)16(13-20(4,5)6)19(26)23-17(18(25)21(7,8)9)11-10-12-22-15(3)24;1-13(2)14(12-19(3,4)5)17(25)23-15(16(24)20(6,7)8)10-9-11-22-18(21)26;2*1-20(2,3)19(24)16(11-7-8-12-21)14-18(23)17(22)13-15-9-5-4-6-10-15;1-11(2)14(18)13(19)10-12(8-6-7-9-17)15(20)16(3,4)5;3*1-4(2)3/h14,16-17H,10-13H2,1-9H3,(H,22,24)(H,23,26);13-15H,9-12H2,1-8H3,(H,23,25)(H3,21,22,26);2*4-6,9-10,16-17H,7-8,11-14,21-22H2,1-3H3;11-12,14H,6-10,17-18H2,1-5H3;3*4H,1-3H3. The van der Waals surface area contributed by atoms with Crippen molar-refractivity contribution in [1.29, 1.82) is 0 Å². The van der Waals surface area contributed by atoms with Crippen LogP contribution in [0.15, 0.2) is 60.7 Å². The number of hydrogen-bond acceptors (Lipinski definition) is 18. The lowest BCUT2D eigenvalue weighted by molar-refractivity contribution is -0.135. The second-order valence-corrected chi connectivity index (χ2v) is 47.0. The van der Waals surface area contributed by atoms with Gasteiger partial charge >= 0.3 is 6.03 Å². The Kier molecular flexibility index (Phi) is 72.1. The first kappa shape index (κ1) is 136. The molecule has 768 valence electrons. The number of carbonyl (C=O) groups is 12. The van der Waals surface area contributed by atoms with E-state index in [2.05, 4.69) is 125 Å². The molecule has 0 aliphatic rings. The molecule has 0 aliphatic carbocycles. The summed E-state index contributed by atoms with van der Waals surface area (Å²) in [5.74, 6) is 2.19. The number of primary amides is 1. The zero-order valence-corrected chi connectivity index (χ0v) is 91.1. The fourth-order valence-corrected chi connectivity index (χ4v) is 13.7. The zero-order chi connectivity index (χ0) is 104. The Hall–Kier alpha value is -6.76. The van der Waals surface area contributed by atoms with E-state index in [0.29, 0.717) is 84.1 Å². The van der Waals surface area contributed by atoms with Gasteiger partial charge in [-0.15, -0.1) is 0 Å². The van der Waals surface area contributed by atoms with Crippen LogP contribution in [0.25, 0.3) is 0 Å². The van der Waals surface area contributed by atoms with Crippen molar-refractivity contribution in [3.63, 3.8) is 0 Å². The molecule has 0 spiro atoms. The molecule has 10 atom stereocenters. The smallest absolute Gasteiger partial charge is 0.312 e. The van der Waals surface area contributed by atoms with Gasteiger partial charge in [0.25, 0.3) is 0 Å². The van der Waals surface area contributed by atoms with Crippen LogP contribution in [0.2, 0.25) is 0 Å². The Labute approximate surface area is 806 Å². The second kappa shape index (κ2) is 70.0. The Balaban J connectivity index is -0.000000364. The highest BCUT2D eigenvalue weighted by molar-refractivity contribution is 5.96. The number of rotatable bonds is 47. The fraction of sp³-hybridized carbons (Fsp3) is 0.780. The third kappa shape index (κ3) is 73.5. The average molecular weight is 1860 g/mol. The van der Waals surface area contributed by atoms with Gasteiger partial charge in [-0.3, -0.25) is 52.7 Å². The summed E-state index contributed by atoms with van der Waals surface area (Å²) in [5.41, 5.74) is 39.5. The molecule has 0 radical (unpaired) electrons. The molecule has 2 rings (SSSR count). The van der Waals surface area contributed by atoms with Crippen molar-refractivity contribution >= 4 is 70.0 Å². The molecule has 23 heteroatoms. The van der Waals surface area contributed by atoms with E-state index in [1.807, 2.05) is 206 Å². The molecule has 5 amide bonds. The molecule has 0 bridgehead atoms. The topological polar surface area (TPSA) is 435 Å². The highest BCUT2D eigenvalue weighted by Gasteiger charge is 2.39. The Morgan fingerprint density at radius 3 is 0.788 bits per heavy atom. The van der Waals surface area contributed by atoms with Gasteiger partial charge in [-0.2, -0.15) is 0 Å². The molecular formula is C109H205N11O12. The van der Waals surface area contributed by atoms with E-state index in [1.165, 1.54) is 6.92 Å². The van der Waals surface area contributed by atoms with Crippen LogP contribution < -0.4 is 61.4 Å². The second-order valence-electron chi connectivity index (χ2n) is 47.0. The van der Waals surface area contributed by atoms with Crippen LogP contribution in [-0.4, -0.2) is 133 Å². The number of Topliss-reactive ketones (excluding diaryl/α,β-unsaturated/α-hetero) is 8. The summed E-state index contributed by atoms with van der Waals surface area (Å²) in [6.07, 6.45) is 12.9. The lowest BCUT2D eigenvalue weighted by Crippen LogP contribution is -2.49. The van der Waals surface area contributed by atoms with E-state index in [1.54, 1.807) is 0 Å². The van der Waals surface area contributed by atoms with Crippen molar-refractivity contribution in [2.24, 2.45) is 143 Å². The zero-order valence-electron chi connectivity index (χ0n) is 91.1. The van der Waals surface area contributed by atoms with Crippen LogP contribution in [0.3, 0.4) is 0 Å². The van der Waals surface area contributed by atoms with Crippen LogP contribution in [0, 0.1) is 103 Å². The van der Waals surface area contributed by atoms with Crippen LogP contribution >= 0.6 is 0 Å². The third-order valence-electron chi connectivity index (χ3n) is 20.9. The summed E-state index contributed by atoms with van der Waals surface area (Å²) in [7, 11) is 0. The molecule has 0 fully saturated rings. The van der Waals surface area contributed by atoms with Crippen molar-refractivity contribution in [3.05, 3.63) is 71.8 Å². The number of unbranched alkanes of at least 4 members (excludes halogenated alkanes) is 3. The van der Waals surface area contributed by atoms with E-state index in [0.717, 1.165) is 86.7 Å². The van der Waals surface area contributed by atoms with Crippen LogP contribution in [0.5, 0.6) is 0 Å². The third-order valence-corrected chi connectivity index (χ3v) is 20.9. The van der Waals surface area contributed by atoms with E-state index in [-0.39, 0.29) is 141 Å². The largest absolute Gasteiger partial charge is 0.356 e. The Morgan fingerprint density at radius 2 is 0.576 bits per heavy atom. The van der Waals surface area contributed by atoms with Gasteiger partial charge < -0.3 is 61.4 Å². The molecule has 0 saturated heterocycles. The number of carbonyl (C=O) groups excluding carboxylic acids is 12. The molecule has 0 saturated carbocycles. The van der Waals surface area contributed by atoms with E-state index < -0.39 is 63.3 Å². The number of benzene rings is 2. The summed E-state index contributed by atoms with van der Waals surface area (Å²) in [4.78, 5) is 148. The van der Waals surface area contributed by atoms with Gasteiger partial charge in [0.2, 0.25) is 17.7 Å². The van der Waals surface area contributed by atoms with Crippen molar-refractivity contribution in [2.75, 3.05) is 32.7 Å². The summed E-state index contributed by atoms with van der Waals surface area (Å²) in [5, 5.41) is 11.3. The number of urea groups is 1. The van der Waals surface area contributed by atoms with Gasteiger partial charge in [0.1, 0.15) is 17.3 Å². The number of amides is 5. The van der Waals surface area contributed by atoms with Crippen molar-refractivity contribution < 1.29 is 57.5 Å². The molecular weight excluding hydrogens is 1660 g/mol. The molecule has 2 aromatic rings. The maximum Gasteiger partial charge on any atom is 0.312 e. The minimum atomic E-state index is -0.585. The predicted octanol–water partition coefficient (Wildman–Crippen LogP) is 20.0. The first-order valence-electron chi connectivity index (χ1n) is 49.7. The fourth-order valence-electron chi connectivity index (χ4n) is 13.7. The molecule has 0 aliphatic heterocycles. The van der Waals surface area contributed by atoms with E-state index >= 15 is 0 Å². The van der Waals surface area contributed by atoms with Gasteiger partial charge in [0.15, 0.2) is 28.9 Å². The molecule has 2 aromatic carbocycles. The molecule has 0 heterocycles. The van der Waals surface area contributed by atoms with Gasteiger partial charge in [-0.25, -0.2) is 4.79 Å². The lowest BCUT2D eigenvalue weighted by atomic mass is 9.78. The number of nitrogens with two attached hydrogens (primary N) is 7. The minimum absolute atomic E-state index is 0.00295. The van der Waals surface area contributed by atoms with Crippen molar-refractivity contribution in [3.8, 4) is 0 Å². The summed E-state index contributed by atoms with van der Waals surface area (Å²) in [6, 6.07) is 16.2. The van der Waals surface area contributed by atoms with Crippen LogP contribution in [0.4, 0.5) is 4.79 Å². The van der Waals surface area contributed by atoms with Gasteiger partial charge in [-0.05, 0) is 167 Å². The van der Waals surface area contributed by atoms with Gasteiger partial charge in [0, 0.05) is 95.9 Å². The van der Waals surface area contributed by atoms with Gasteiger partial charge in [0.05, 0.1) is 30.2 Å². The SMILES string of the molecule is CC(=O)NCCCC(NC(=O)C(CC(C)(C)C)C(C)C)C(=O)C(C)(C)C.CC(C)(C)C(=O)C(CCCCN)CC(=O)C(N)Cc1ccccc1.CC(C)(C)C(=O)C(CCCCN)CC(=O)C(N)Cc1ccccc1.CC(C)C.CC(C)C.CC(C)C.CC(C)C(CC(C)(C)C)C(=O)NC(CCCNC(N)=O)C(=O)C(C)(C)C.CC(C)C(N)C(=O)CC(CCCCN)C(=O)C(C)(C)C. The van der Waals surface area contributed by atoms with Gasteiger partial charge in [-0.1, -0.05) is 329 Å². The van der Waals surface area contributed by atoms with E-state index in [4.69, 9.17) is 40.1 Å². The highest BCUT2D eigenvalue weighted by Crippen LogP contribution is 2.34. The van der Waals surface area contributed by atoms with Crippen molar-refractivity contribution in [1.82, 2.24) is 21.3 Å². The normalized spacial score (nSPS) is 14.1. The first-order chi connectivity index (χ1) is 60.1. The summed E-state index contributed by atoms with van der Waals surface area (Å²) < 4.78 is 0. The first-order valence-corrected chi connectivity index (χ1v) is 49.7. The molecule has 18 N–H and O–H groups in total. The summed E-state index contributed by atoms with van der Waals surface area (Å²) in [6.45, 7) is 76.7. The molecule has 132 heavy (non-hydrogen) atoms. The summed E-state index contributed by atoms with van der Waals surface area (Å²) >= 11 is 0. The Morgan fingerprint density at radius 1 is 0.326 bits per heavy atom. The number of hydrogen-bond donors (Lipinski definition) is 11. The van der Waals surface area contributed by atoms with E-state index in [9.17, 15) is 57.5 Å². The quantitative estimate of drug-likeness (QED) is 0.0274. The van der Waals surface area contributed by atoms with Crippen LogP contribution in [0.1, 0.15) is 383 Å².